The van der Waals surface area contributed by atoms with E-state index in [-0.39, 0.29) is 10.1 Å². The van der Waals surface area contributed by atoms with E-state index in [0.717, 1.165) is 30.6 Å². The molecule has 3 rings (SSSR count). The van der Waals surface area contributed by atoms with Crippen LogP contribution in [0.3, 0.4) is 0 Å². The molecule has 3 heterocycles. The second-order valence-electron chi connectivity index (χ2n) is 6.29. The molecule has 5 nitrogen and oxygen atoms in total. The van der Waals surface area contributed by atoms with Crippen LogP contribution in [0, 0.1) is 5.92 Å². The van der Waals surface area contributed by atoms with Crippen LogP contribution in [0.1, 0.15) is 34.3 Å². The molecule has 1 saturated heterocycles. The van der Waals surface area contributed by atoms with Gasteiger partial charge in [0.1, 0.15) is 4.21 Å². The molecule has 0 radical (unpaired) electrons. The fourth-order valence-electron chi connectivity index (χ4n) is 2.77. The van der Waals surface area contributed by atoms with Crippen molar-refractivity contribution < 1.29 is 13.2 Å². The Kier molecular flexibility index (Phi) is 5.93. The Morgan fingerprint density at radius 3 is 2.72 bits per heavy atom. The van der Waals surface area contributed by atoms with Gasteiger partial charge in [-0.15, -0.1) is 22.7 Å². The summed E-state index contributed by atoms with van der Waals surface area (Å²) in [5.74, 6) is 0.356. The lowest BCUT2D eigenvalue weighted by Crippen LogP contribution is -2.37. The quantitative estimate of drug-likeness (QED) is 0.813. The lowest BCUT2D eigenvalue weighted by atomic mass is 10.0. The van der Waals surface area contributed by atoms with Crippen molar-refractivity contribution in [2.75, 3.05) is 19.6 Å². The highest BCUT2D eigenvalue weighted by molar-refractivity contribution is 7.91. The molecule has 136 valence electrons. The molecule has 1 fully saturated rings. The van der Waals surface area contributed by atoms with E-state index in [4.69, 9.17) is 0 Å². The van der Waals surface area contributed by atoms with Crippen molar-refractivity contribution in [3.63, 3.8) is 0 Å². The first-order valence-corrected chi connectivity index (χ1v) is 11.5. The summed E-state index contributed by atoms with van der Waals surface area (Å²) < 4.78 is 27.2. The van der Waals surface area contributed by atoms with E-state index in [9.17, 15) is 13.2 Å². The molecule has 0 saturated carbocycles. The maximum absolute atomic E-state index is 12.7. The molecule has 1 N–H and O–H groups in total. The summed E-state index contributed by atoms with van der Waals surface area (Å²) >= 11 is 2.71. The number of carbonyl (C=O) groups excluding carboxylic acids is 1. The van der Waals surface area contributed by atoms with E-state index < -0.39 is 10.0 Å². The smallest absolute Gasteiger partial charge is 0.261 e. The highest BCUT2D eigenvalue weighted by Crippen LogP contribution is 2.28. The lowest BCUT2D eigenvalue weighted by Gasteiger charge is -2.28. The second-order valence-corrected chi connectivity index (χ2v) is 10.6. The number of sulfonamides is 1. The third-order valence-corrected chi connectivity index (χ3v) is 8.77. The molecule has 0 atom stereocenters. The molecule has 8 heteroatoms. The van der Waals surface area contributed by atoms with Crippen molar-refractivity contribution >= 4 is 38.6 Å². The van der Waals surface area contributed by atoms with E-state index in [1.807, 2.05) is 17.5 Å². The van der Waals surface area contributed by atoms with E-state index in [1.54, 1.807) is 23.5 Å². The van der Waals surface area contributed by atoms with Gasteiger partial charge in [-0.3, -0.25) is 4.79 Å². The summed E-state index contributed by atoms with van der Waals surface area (Å²) in [6.45, 7) is 3.81. The second kappa shape index (κ2) is 7.99. The van der Waals surface area contributed by atoms with Crippen molar-refractivity contribution in [1.82, 2.24) is 9.62 Å². The summed E-state index contributed by atoms with van der Waals surface area (Å²) in [4.78, 5) is 13.9. The first-order valence-electron chi connectivity index (χ1n) is 8.37. The van der Waals surface area contributed by atoms with Crippen LogP contribution in [0.5, 0.6) is 0 Å². The Labute approximate surface area is 156 Å². The van der Waals surface area contributed by atoms with Crippen LogP contribution in [-0.4, -0.2) is 38.3 Å². The van der Waals surface area contributed by atoms with Gasteiger partial charge in [-0.1, -0.05) is 13.0 Å². The number of piperidine rings is 1. The van der Waals surface area contributed by atoms with Crippen molar-refractivity contribution in [3.05, 3.63) is 39.4 Å². The Morgan fingerprint density at radius 2 is 2.04 bits per heavy atom. The predicted octanol–water partition coefficient (Wildman–Crippen LogP) is 3.20. The third-order valence-electron chi connectivity index (χ3n) is 4.38. The molecule has 0 bridgehead atoms. The molecule has 0 aliphatic carbocycles. The van der Waals surface area contributed by atoms with Crippen molar-refractivity contribution in [3.8, 4) is 0 Å². The molecule has 0 spiro atoms. The number of thiophene rings is 2. The van der Waals surface area contributed by atoms with Crippen molar-refractivity contribution in [2.45, 2.75) is 30.4 Å². The molecular weight excluding hydrogens is 376 g/mol. The first-order chi connectivity index (χ1) is 12.0. The number of carbonyl (C=O) groups is 1. The van der Waals surface area contributed by atoms with E-state index >= 15 is 0 Å². The molecule has 2 aromatic heterocycles. The molecular formula is C17H22N2O3S3. The topological polar surface area (TPSA) is 66.5 Å². The molecule has 1 aliphatic heterocycles. The molecule has 1 amide bonds. The number of nitrogens with one attached hydrogen (secondary N) is 1. The number of nitrogens with zero attached hydrogens (tertiary/aromatic N) is 1. The molecule has 25 heavy (non-hydrogen) atoms. The van der Waals surface area contributed by atoms with E-state index in [0.29, 0.717) is 30.4 Å². The van der Waals surface area contributed by atoms with E-state index in [2.05, 4.69) is 12.2 Å². The minimum Gasteiger partial charge on any atom is -0.351 e. The van der Waals surface area contributed by atoms with Gasteiger partial charge in [0, 0.05) is 24.5 Å². The van der Waals surface area contributed by atoms with Crippen LogP contribution in [0.2, 0.25) is 0 Å². The maximum atomic E-state index is 12.7. The monoisotopic (exact) mass is 398 g/mol. The van der Waals surface area contributed by atoms with Gasteiger partial charge in [0.25, 0.3) is 15.9 Å². The minimum atomic E-state index is -3.48. The summed E-state index contributed by atoms with van der Waals surface area (Å²) in [5, 5.41) is 4.87. The fourth-order valence-corrected chi connectivity index (χ4v) is 6.33. The Morgan fingerprint density at radius 1 is 1.28 bits per heavy atom. The standard InChI is InChI=1S/C17H22N2O3S3/c1-13-7-10-19(11-8-13)25(21,22)16-5-4-15(24-16)17(20)18-9-6-14-3-2-12-23-14/h2-5,12-13H,6-11H2,1H3,(H,18,20). The predicted molar refractivity (Wildman–Crippen MR) is 102 cm³/mol. The van der Waals surface area contributed by atoms with Crippen LogP contribution in [0.25, 0.3) is 0 Å². The van der Waals surface area contributed by atoms with Crippen LogP contribution < -0.4 is 5.32 Å². The zero-order valence-corrected chi connectivity index (χ0v) is 16.6. The summed E-state index contributed by atoms with van der Waals surface area (Å²) in [7, 11) is -3.48. The van der Waals surface area contributed by atoms with Gasteiger partial charge in [0.15, 0.2) is 0 Å². The van der Waals surface area contributed by atoms with Gasteiger partial charge in [-0.05, 0) is 48.8 Å². The van der Waals surface area contributed by atoms with Gasteiger partial charge in [-0.2, -0.15) is 4.31 Å². The van der Waals surface area contributed by atoms with Crippen molar-refractivity contribution in [2.24, 2.45) is 5.92 Å². The number of rotatable bonds is 6. The van der Waals surface area contributed by atoms with Gasteiger partial charge < -0.3 is 5.32 Å². The average molecular weight is 399 g/mol. The third kappa shape index (κ3) is 4.49. The fraction of sp³-hybridized carbons (Fsp3) is 0.471. The van der Waals surface area contributed by atoms with Crippen molar-refractivity contribution in [1.29, 1.82) is 0 Å². The number of hydrogen-bond acceptors (Lipinski definition) is 5. The largest absolute Gasteiger partial charge is 0.351 e. The van der Waals surface area contributed by atoms with Crippen LogP contribution in [-0.2, 0) is 16.4 Å². The average Bonchev–Trinajstić information content (AvgIpc) is 3.27. The van der Waals surface area contributed by atoms with Gasteiger partial charge >= 0.3 is 0 Å². The van der Waals surface area contributed by atoms with Gasteiger partial charge in [0.2, 0.25) is 0 Å². The highest BCUT2D eigenvalue weighted by Gasteiger charge is 2.29. The molecule has 0 unspecified atom stereocenters. The van der Waals surface area contributed by atoms with Crippen LogP contribution >= 0.6 is 22.7 Å². The molecule has 2 aromatic rings. The number of hydrogen-bond donors (Lipinski definition) is 1. The highest BCUT2D eigenvalue weighted by atomic mass is 32.2. The van der Waals surface area contributed by atoms with E-state index in [1.165, 1.54) is 9.18 Å². The Balaban J connectivity index is 1.60. The Bertz CT molecular complexity index is 804. The summed E-state index contributed by atoms with van der Waals surface area (Å²) in [5.41, 5.74) is 0. The maximum Gasteiger partial charge on any atom is 0.261 e. The normalized spacial score (nSPS) is 16.8. The lowest BCUT2D eigenvalue weighted by molar-refractivity contribution is 0.0958. The zero-order valence-electron chi connectivity index (χ0n) is 14.1. The SMILES string of the molecule is CC1CCN(S(=O)(=O)c2ccc(C(=O)NCCc3cccs3)s2)CC1. The Hall–Kier alpha value is -1.22. The summed E-state index contributed by atoms with van der Waals surface area (Å²) in [6.07, 6.45) is 2.56. The zero-order chi connectivity index (χ0) is 17.9. The molecule has 1 aliphatic rings. The van der Waals surface area contributed by atoms with Crippen LogP contribution in [0.4, 0.5) is 0 Å². The first kappa shape index (κ1) is 18.6. The number of amides is 1. The van der Waals surface area contributed by atoms with Gasteiger partial charge in [0.05, 0.1) is 4.88 Å². The minimum absolute atomic E-state index is 0.213. The van der Waals surface area contributed by atoms with Crippen LogP contribution in [0.15, 0.2) is 33.9 Å². The van der Waals surface area contributed by atoms with Gasteiger partial charge in [-0.25, -0.2) is 8.42 Å². The summed E-state index contributed by atoms with van der Waals surface area (Å²) in [6, 6.07) is 7.17. The molecule has 0 aromatic carbocycles.